The Morgan fingerprint density at radius 1 is 1.33 bits per heavy atom. The summed E-state index contributed by atoms with van der Waals surface area (Å²) in [5.74, 6) is 0. The third-order valence-electron chi connectivity index (χ3n) is 3.99. The molecule has 5 heteroatoms. The maximum atomic E-state index is 5.43. The lowest BCUT2D eigenvalue weighted by molar-refractivity contribution is 0.182. The highest BCUT2D eigenvalue weighted by Gasteiger charge is 2.26. The van der Waals surface area contributed by atoms with Crippen molar-refractivity contribution in [2.24, 2.45) is 0 Å². The molecule has 1 aromatic heterocycles. The predicted molar refractivity (Wildman–Crippen MR) is 73.6 cm³/mol. The molecular weight excluding hydrogens is 294 g/mol. The third-order valence-corrected chi connectivity index (χ3v) is 4.40. The average Bonchev–Trinajstić information content (AvgIpc) is 3.01. The molecule has 1 aromatic rings. The van der Waals surface area contributed by atoms with Gasteiger partial charge in [0.05, 0.1) is 23.3 Å². The molecule has 1 saturated carbocycles. The van der Waals surface area contributed by atoms with Crippen molar-refractivity contribution in [3.8, 4) is 0 Å². The lowest BCUT2D eigenvalue weighted by Crippen LogP contribution is -2.41. The van der Waals surface area contributed by atoms with Crippen molar-refractivity contribution in [2.45, 2.75) is 50.2 Å². The molecule has 18 heavy (non-hydrogen) atoms. The zero-order chi connectivity index (χ0) is 12.4. The Labute approximate surface area is 116 Å². The Bertz CT molecular complexity index is 389. The molecule has 3 rings (SSSR count). The van der Waals surface area contributed by atoms with Gasteiger partial charge in [-0.05, 0) is 48.0 Å². The van der Waals surface area contributed by atoms with Crippen LogP contribution in [0.5, 0.6) is 0 Å². The van der Waals surface area contributed by atoms with Crippen molar-refractivity contribution in [3.05, 3.63) is 16.9 Å². The van der Waals surface area contributed by atoms with Gasteiger partial charge in [0, 0.05) is 24.9 Å². The second-order valence-electron chi connectivity index (χ2n) is 5.38. The fourth-order valence-corrected chi connectivity index (χ4v) is 3.37. The van der Waals surface area contributed by atoms with E-state index in [0.717, 1.165) is 24.1 Å². The van der Waals surface area contributed by atoms with Crippen LogP contribution in [0, 0.1) is 0 Å². The molecule has 0 spiro atoms. The summed E-state index contributed by atoms with van der Waals surface area (Å²) < 4.78 is 8.61. The van der Waals surface area contributed by atoms with Crippen LogP contribution in [0.25, 0.3) is 0 Å². The van der Waals surface area contributed by atoms with Crippen molar-refractivity contribution in [1.82, 2.24) is 15.1 Å². The van der Waals surface area contributed by atoms with Crippen molar-refractivity contribution in [2.75, 3.05) is 13.2 Å². The van der Waals surface area contributed by atoms with Crippen LogP contribution >= 0.6 is 15.9 Å². The van der Waals surface area contributed by atoms with Crippen LogP contribution < -0.4 is 5.32 Å². The van der Waals surface area contributed by atoms with Gasteiger partial charge >= 0.3 is 0 Å². The van der Waals surface area contributed by atoms with E-state index in [2.05, 4.69) is 37.2 Å². The van der Waals surface area contributed by atoms with E-state index in [1.807, 2.05) is 6.20 Å². The van der Waals surface area contributed by atoms with Gasteiger partial charge < -0.3 is 10.1 Å². The number of hydrogen-bond donors (Lipinski definition) is 1. The maximum Gasteiger partial charge on any atom is 0.0632 e. The first-order valence-electron chi connectivity index (χ1n) is 6.85. The van der Waals surface area contributed by atoms with Gasteiger partial charge in [-0.1, -0.05) is 0 Å². The van der Waals surface area contributed by atoms with Crippen LogP contribution in [0.1, 0.15) is 38.1 Å². The molecule has 0 aromatic carbocycles. The molecule has 4 nitrogen and oxygen atoms in total. The lowest BCUT2D eigenvalue weighted by Gasteiger charge is -2.31. The van der Waals surface area contributed by atoms with Gasteiger partial charge in [0.2, 0.25) is 0 Å². The molecule has 100 valence electrons. The number of rotatable bonds is 3. The Balaban J connectivity index is 1.57. The van der Waals surface area contributed by atoms with Crippen LogP contribution in [0.15, 0.2) is 16.9 Å². The molecule has 2 heterocycles. The topological polar surface area (TPSA) is 39.1 Å². The minimum absolute atomic E-state index is 0.546. The van der Waals surface area contributed by atoms with Gasteiger partial charge in [-0.2, -0.15) is 5.10 Å². The summed E-state index contributed by atoms with van der Waals surface area (Å²) in [6.45, 7) is 1.80. The van der Waals surface area contributed by atoms with Gasteiger partial charge in [-0.3, -0.25) is 4.68 Å². The summed E-state index contributed by atoms with van der Waals surface area (Å²) >= 11 is 3.47. The van der Waals surface area contributed by atoms with Gasteiger partial charge in [-0.15, -0.1) is 0 Å². The van der Waals surface area contributed by atoms with Crippen LogP contribution in [-0.4, -0.2) is 35.1 Å². The van der Waals surface area contributed by atoms with E-state index in [1.54, 1.807) is 0 Å². The summed E-state index contributed by atoms with van der Waals surface area (Å²) in [6.07, 6.45) is 10.1. The second kappa shape index (κ2) is 5.72. The van der Waals surface area contributed by atoms with Crippen molar-refractivity contribution >= 4 is 15.9 Å². The standard InChI is InChI=1S/C13H20BrN3O/c14-10-7-15-17(8-10)13-3-1-2-11(6-13)16-12-4-5-18-9-12/h7-8,11-13,16H,1-6,9H2/t11-,12-,13+/m1/s1. The van der Waals surface area contributed by atoms with E-state index in [9.17, 15) is 0 Å². The van der Waals surface area contributed by atoms with Gasteiger partial charge in [0.1, 0.15) is 0 Å². The first kappa shape index (κ1) is 12.6. The summed E-state index contributed by atoms with van der Waals surface area (Å²) in [6, 6.07) is 1.74. The Kier molecular flexibility index (Phi) is 4.01. The van der Waals surface area contributed by atoms with Crippen LogP contribution in [0.4, 0.5) is 0 Å². The molecule has 1 aliphatic carbocycles. The highest BCUT2D eigenvalue weighted by atomic mass is 79.9. The summed E-state index contributed by atoms with van der Waals surface area (Å²) in [4.78, 5) is 0. The van der Waals surface area contributed by atoms with E-state index < -0.39 is 0 Å². The SMILES string of the molecule is Brc1cnn([C@H]2CCC[C@@H](N[C@@H]3CCOC3)C2)c1. The molecule has 3 atom stereocenters. The molecule has 2 fully saturated rings. The predicted octanol–water partition coefficient (Wildman–Crippen LogP) is 2.51. The monoisotopic (exact) mass is 313 g/mol. The van der Waals surface area contributed by atoms with E-state index >= 15 is 0 Å². The van der Waals surface area contributed by atoms with E-state index in [0.29, 0.717) is 18.1 Å². The first-order valence-corrected chi connectivity index (χ1v) is 7.64. The minimum Gasteiger partial charge on any atom is -0.380 e. The largest absolute Gasteiger partial charge is 0.380 e. The number of halogens is 1. The van der Waals surface area contributed by atoms with Gasteiger partial charge in [0.25, 0.3) is 0 Å². The lowest BCUT2D eigenvalue weighted by atomic mass is 9.90. The summed E-state index contributed by atoms with van der Waals surface area (Å²) in [5.41, 5.74) is 0. The van der Waals surface area contributed by atoms with Crippen molar-refractivity contribution in [3.63, 3.8) is 0 Å². The van der Waals surface area contributed by atoms with Crippen molar-refractivity contribution < 1.29 is 4.74 Å². The van der Waals surface area contributed by atoms with E-state index in [-0.39, 0.29) is 0 Å². The highest BCUT2D eigenvalue weighted by Crippen LogP contribution is 2.29. The second-order valence-corrected chi connectivity index (χ2v) is 6.30. The maximum absolute atomic E-state index is 5.43. The zero-order valence-electron chi connectivity index (χ0n) is 10.5. The highest BCUT2D eigenvalue weighted by molar-refractivity contribution is 9.10. The number of nitrogens with zero attached hydrogens (tertiary/aromatic N) is 2. The minimum atomic E-state index is 0.546. The molecule has 0 unspecified atom stereocenters. The van der Waals surface area contributed by atoms with Crippen LogP contribution in [0.3, 0.4) is 0 Å². The number of aromatic nitrogens is 2. The smallest absolute Gasteiger partial charge is 0.0632 e. The molecule has 1 N–H and O–H groups in total. The van der Waals surface area contributed by atoms with Gasteiger partial charge in [0.15, 0.2) is 0 Å². The number of ether oxygens (including phenoxy) is 1. The molecule has 0 amide bonds. The Hall–Kier alpha value is -0.390. The van der Waals surface area contributed by atoms with Crippen LogP contribution in [-0.2, 0) is 4.74 Å². The molecule has 1 aliphatic heterocycles. The fourth-order valence-electron chi connectivity index (χ4n) is 3.07. The normalized spacial score (nSPS) is 32.8. The first-order chi connectivity index (χ1) is 8.81. The summed E-state index contributed by atoms with van der Waals surface area (Å²) in [7, 11) is 0. The molecular formula is C13H20BrN3O. The Morgan fingerprint density at radius 2 is 2.28 bits per heavy atom. The average molecular weight is 314 g/mol. The fraction of sp³-hybridized carbons (Fsp3) is 0.769. The van der Waals surface area contributed by atoms with E-state index in [1.165, 1.54) is 25.7 Å². The number of hydrogen-bond acceptors (Lipinski definition) is 3. The molecule has 0 bridgehead atoms. The third kappa shape index (κ3) is 2.95. The van der Waals surface area contributed by atoms with Crippen LogP contribution in [0.2, 0.25) is 0 Å². The van der Waals surface area contributed by atoms with E-state index in [4.69, 9.17) is 4.74 Å². The molecule has 1 saturated heterocycles. The number of nitrogens with one attached hydrogen (secondary N) is 1. The molecule has 0 radical (unpaired) electrons. The quantitative estimate of drug-likeness (QED) is 0.932. The zero-order valence-corrected chi connectivity index (χ0v) is 12.1. The van der Waals surface area contributed by atoms with Gasteiger partial charge in [-0.25, -0.2) is 0 Å². The summed E-state index contributed by atoms with van der Waals surface area (Å²) in [5, 5.41) is 8.17. The Morgan fingerprint density at radius 3 is 3.00 bits per heavy atom. The molecule has 2 aliphatic rings. The van der Waals surface area contributed by atoms with Crippen molar-refractivity contribution in [1.29, 1.82) is 0 Å².